The van der Waals surface area contributed by atoms with Gasteiger partial charge in [-0.2, -0.15) is 0 Å². The van der Waals surface area contributed by atoms with Gasteiger partial charge in [-0.1, -0.05) is 304 Å². The molecule has 0 aromatic heterocycles. The van der Waals surface area contributed by atoms with Gasteiger partial charge in [-0.25, -0.2) is 0 Å². The molecule has 3 aliphatic heterocycles. The molecule has 11 rings (SSSR count). The Balaban J connectivity index is -0.000000359. The SMILES string of the molecule is CC(C)C.CC=O.CCC.CCC.CCO.CCO[Si](OCC)(c1ccccc1)c1ccccc1.CO.O=[Si]=O.O=[Si]=O.O=[Si]=O.O=[Si]=O.[Na+].[O-][I+3]([O-])([O-])[O-].c1ccc([Si]2(c3ccccc3)OCO2)cc1.c1ccc([Si]2(c3ccccc3)OCO2)cc1.c1ccc([Si]2(c3ccccc3)OCO2)cc1. The fourth-order valence-electron chi connectivity index (χ4n) is 8.24. The molecule has 3 saturated heterocycles. The van der Waals surface area contributed by atoms with Crippen LogP contribution in [0.25, 0.3) is 0 Å². The molecule has 103 heavy (non-hydrogen) atoms. The Morgan fingerprint density at radius 2 is 0.515 bits per heavy atom. The van der Waals surface area contributed by atoms with Gasteiger partial charge in [-0.3, -0.25) is 49.4 Å². The first-order valence-electron chi connectivity index (χ1n) is 31.7. The molecule has 0 amide bonds. The number of aliphatic hydroxyl groups is 2. The van der Waals surface area contributed by atoms with Crippen molar-refractivity contribution in [2.45, 2.75) is 89.0 Å². The molecule has 8 aromatic rings. The Morgan fingerprint density at radius 3 is 0.612 bits per heavy atom. The van der Waals surface area contributed by atoms with E-state index in [4.69, 9.17) is 99.9 Å². The van der Waals surface area contributed by atoms with Crippen LogP contribution in [0.2, 0.25) is 0 Å². The van der Waals surface area contributed by atoms with E-state index in [1.165, 1.54) is 50.9 Å². The number of carbonyl (C=O) groups is 1. The largest absolute Gasteiger partial charge is 1.00 e. The van der Waals surface area contributed by atoms with Gasteiger partial charge in [0.25, 0.3) is 0 Å². The van der Waals surface area contributed by atoms with E-state index in [2.05, 4.69) is 146 Å². The van der Waals surface area contributed by atoms with Crippen molar-refractivity contribution in [3.05, 3.63) is 243 Å². The molecule has 0 spiro atoms. The monoisotopic (exact) mass is 1680 g/mol. The molecule has 0 radical (unpaired) electrons. The van der Waals surface area contributed by atoms with Gasteiger partial charge in [0.2, 0.25) is 0 Å². The zero-order chi connectivity index (χ0) is 77.8. The first kappa shape index (κ1) is 106. The fraction of sp³-hybridized carbons (Fsp3) is 0.300. The first-order valence-corrected chi connectivity index (χ1v) is 45.8. The van der Waals surface area contributed by atoms with Gasteiger partial charge in [-0.05, 0) is 75.1 Å². The maximum absolute atomic E-state index is 8.81. The third-order valence-corrected chi connectivity index (χ3v) is 24.8. The third-order valence-electron chi connectivity index (χ3n) is 11.5. The first-order chi connectivity index (χ1) is 49.1. The summed E-state index contributed by atoms with van der Waals surface area (Å²) < 4.78 is 149. The zero-order valence-corrected chi connectivity index (χ0v) is 72.9. The summed E-state index contributed by atoms with van der Waals surface area (Å²) in [7, 11) is -14.1. The molecule has 0 aliphatic carbocycles. The summed E-state index contributed by atoms with van der Waals surface area (Å²) in [6, 6.07) is 82.0. The second-order valence-electron chi connectivity index (χ2n) is 19.9. The molecule has 3 heterocycles. The summed E-state index contributed by atoms with van der Waals surface area (Å²) in [6.07, 6.45) is 3.25. The van der Waals surface area contributed by atoms with Crippen LogP contribution in [0, 0.1) is 5.92 Å². The summed E-state index contributed by atoms with van der Waals surface area (Å²) in [5.74, 6) is 0.833. The third kappa shape index (κ3) is 45.1. The average Bonchev–Trinajstić information content (AvgIpc) is 0.791. The van der Waals surface area contributed by atoms with E-state index >= 15 is 0 Å². The summed E-state index contributed by atoms with van der Waals surface area (Å²) in [5, 5.41) is 23.9. The minimum atomic E-state index is -5.94. The van der Waals surface area contributed by atoms with Crippen LogP contribution in [-0.2, 0) is 75.9 Å². The van der Waals surface area contributed by atoms with Crippen molar-refractivity contribution in [2.75, 3.05) is 47.3 Å². The van der Waals surface area contributed by atoms with Crippen LogP contribution in [0.5, 0.6) is 0 Å². The number of hydrogen-bond acceptors (Lipinski definition) is 23. The number of carbonyl (C=O) groups excluding carboxylic acids is 1. The van der Waals surface area contributed by atoms with Gasteiger partial charge in [0.1, 0.15) is 46.8 Å². The van der Waals surface area contributed by atoms with Crippen molar-refractivity contribution in [3.8, 4) is 0 Å². The number of benzene rings is 8. The van der Waals surface area contributed by atoms with E-state index in [9.17, 15) is 0 Å². The number of hydrogen-bond donors (Lipinski definition) is 2. The van der Waals surface area contributed by atoms with Crippen LogP contribution >= 0.6 is 0 Å². The molecule has 0 saturated carbocycles. The molecule has 23 nitrogen and oxygen atoms in total. The van der Waals surface area contributed by atoms with Crippen molar-refractivity contribution < 1.29 is 150 Å². The van der Waals surface area contributed by atoms with Crippen molar-refractivity contribution in [2.24, 2.45) is 5.92 Å². The van der Waals surface area contributed by atoms with E-state index in [1.54, 1.807) is 6.92 Å². The fourth-order valence-corrected chi connectivity index (χ4v) is 19.2. The van der Waals surface area contributed by atoms with Crippen molar-refractivity contribution in [1.29, 1.82) is 0 Å². The van der Waals surface area contributed by atoms with Crippen molar-refractivity contribution in [1.82, 2.24) is 0 Å². The van der Waals surface area contributed by atoms with E-state index in [-0.39, 0.29) is 36.2 Å². The molecule has 2 N–H and O–H groups in total. The number of halogens is 1. The standard InChI is InChI=1S/C16H20O2Si.3C13H12O2Si.C4H10.2C3H8.C2H6O.C2H4O.CH4O.IO4.Na.4O2Si/c1-3-17-19(18-4-2,15-11-7-5-8-12-15)16-13-9-6-10-14-16;3*1-3-7-12(8-4-1)16(14-11-15-16)13-9-5-2-6-10-13;1-4(2)3;2*1-3-2;2*1-2-3;1-2;2-1(3,4)5;;4*1-3-2/h5-14H,3-4H2,1-2H3;3*1-10H,11H2;4H,1-3H3;2*3H2,1-2H3;3H,2H2,1H3;2H,1H3;2H,1H3;;;;;;/q;;;;;;;;;;-1;+1;;;;. The van der Waals surface area contributed by atoms with Crippen LogP contribution < -0.4 is 105 Å². The Kier molecular flexibility index (Phi) is 72.0. The van der Waals surface area contributed by atoms with Crippen molar-refractivity contribution >= 4 is 119 Å². The molecular formula is C70H96INaO23Si8. The zero-order valence-electron chi connectivity index (χ0n) is 60.8. The van der Waals surface area contributed by atoms with Gasteiger partial charge in [-0.15, -0.1) is 0 Å². The normalized spacial score (nSPS) is 12.3. The minimum Gasteiger partial charge on any atom is -0.400 e. The summed E-state index contributed by atoms with van der Waals surface area (Å²) in [5.41, 5.74) is 0. The quantitative estimate of drug-likeness (QED) is 0.0706. The Labute approximate surface area is 648 Å². The van der Waals surface area contributed by atoms with Gasteiger partial charge in [0.15, 0.2) is 0 Å². The molecule has 3 aliphatic rings. The van der Waals surface area contributed by atoms with Gasteiger partial charge in [0.05, 0.1) is 0 Å². The Bertz CT molecular complexity index is 2910. The van der Waals surface area contributed by atoms with E-state index < -0.39 is 91.5 Å². The van der Waals surface area contributed by atoms with Gasteiger partial charge >= 0.3 is 101 Å². The van der Waals surface area contributed by atoms with Crippen LogP contribution in [0.3, 0.4) is 0 Å². The van der Waals surface area contributed by atoms with Crippen LogP contribution in [0.15, 0.2) is 243 Å². The number of rotatable bonds is 12. The molecule has 0 atom stereocenters. The maximum atomic E-state index is 8.81. The summed E-state index contributed by atoms with van der Waals surface area (Å²) >= 11 is -5.94. The topological polar surface area (TPSA) is 360 Å². The number of aliphatic hydroxyl groups excluding tert-OH is 2. The van der Waals surface area contributed by atoms with Crippen LogP contribution in [0.4, 0.5) is 0 Å². The van der Waals surface area contributed by atoms with Gasteiger partial charge in [0, 0.05) is 26.9 Å². The van der Waals surface area contributed by atoms with Crippen LogP contribution in [0.1, 0.15) is 89.0 Å². The smallest absolute Gasteiger partial charge is 0.400 e. The Hall–Kier alpha value is -5.26. The predicted octanol–water partition coefficient (Wildman–Crippen LogP) is -2.86. The van der Waals surface area contributed by atoms with Gasteiger partial charge < -0.3 is 50.4 Å². The predicted molar refractivity (Wildman–Crippen MR) is 390 cm³/mol. The molecule has 8 aromatic carbocycles. The summed E-state index contributed by atoms with van der Waals surface area (Å²) in [6.45, 7) is 25.0. The molecular weight excluding hydrogens is 1580 g/mol. The summed E-state index contributed by atoms with van der Waals surface area (Å²) in [4.78, 5) is 8.81. The second-order valence-corrected chi connectivity index (χ2v) is 34.6. The van der Waals surface area contributed by atoms with E-state index in [1.807, 2.05) is 159 Å². The second kappa shape index (κ2) is 69.8. The molecule has 3 fully saturated rings. The molecule has 0 unspecified atom stereocenters. The molecule has 0 bridgehead atoms. The van der Waals surface area contributed by atoms with E-state index in [0.29, 0.717) is 33.6 Å². The van der Waals surface area contributed by atoms with E-state index in [0.717, 1.165) is 29.7 Å². The average molecular weight is 1680 g/mol. The van der Waals surface area contributed by atoms with Crippen molar-refractivity contribution in [3.63, 3.8) is 0 Å². The Morgan fingerprint density at radius 1 is 0.398 bits per heavy atom. The molecule has 33 heteroatoms. The minimum absolute atomic E-state index is 0. The maximum Gasteiger partial charge on any atom is 1.00 e. The molecule has 554 valence electrons. The van der Waals surface area contributed by atoms with Crippen LogP contribution in [-0.4, -0.2) is 135 Å². The number of aldehydes is 1.